The molecule has 3 heterocycles. The van der Waals surface area contributed by atoms with Crippen LogP contribution in [0.1, 0.15) is 6.92 Å². The molecular formula is C20H36O15. The second kappa shape index (κ2) is 12.3. The van der Waals surface area contributed by atoms with Crippen molar-refractivity contribution >= 4 is 0 Å². The molecule has 0 aromatic rings. The molecule has 3 fully saturated rings. The first-order chi connectivity index (χ1) is 16.5. The summed E-state index contributed by atoms with van der Waals surface area (Å²) in [4.78, 5) is 0. The zero-order chi connectivity index (χ0) is 26.0. The normalized spacial score (nSPS) is 51.3. The number of methoxy groups -OCH3 is 1. The summed E-state index contributed by atoms with van der Waals surface area (Å²) in [7, 11) is 1.33. The minimum Gasteiger partial charge on any atom is -0.394 e. The molecule has 15 nitrogen and oxygen atoms in total. The quantitative estimate of drug-likeness (QED) is 0.146. The topological polar surface area (TPSA) is 237 Å². The molecule has 0 aliphatic carbocycles. The van der Waals surface area contributed by atoms with E-state index in [2.05, 4.69) is 0 Å². The van der Waals surface area contributed by atoms with Gasteiger partial charge >= 0.3 is 0 Å². The van der Waals surface area contributed by atoms with Gasteiger partial charge in [0.15, 0.2) is 12.6 Å². The highest BCUT2D eigenvalue weighted by molar-refractivity contribution is 4.96. The van der Waals surface area contributed by atoms with Crippen molar-refractivity contribution in [2.75, 3.05) is 26.9 Å². The van der Waals surface area contributed by atoms with Crippen molar-refractivity contribution in [2.24, 2.45) is 0 Å². The predicted molar refractivity (Wildman–Crippen MR) is 109 cm³/mol. The van der Waals surface area contributed by atoms with Crippen LogP contribution in [0.3, 0.4) is 0 Å². The van der Waals surface area contributed by atoms with Crippen molar-refractivity contribution in [3.05, 3.63) is 0 Å². The van der Waals surface area contributed by atoms with E-state index in [-0.39, 0.29) is 6.61 Å². The Balaban J connectivity index is 1.72. The zero-order valence-corrected chi connectivity index (χ0v) is 19.3. The molecule has 0 spiro atoms. The summed E-state index contributed by atoms with van der Waals surface area (Å²) in [6, 6.07) is 0. The van der Waals surface area contributed by atoms with Crippen molar-refractivity contribution < 1.29 is 74.4 Å². The van der Waals surface area contributed by atoms with E-state index in [9.17, 15) is 46.0 Å². The molecule has 0 saturated carbocycles. The number of aliphatic hydroxyl groups is 9. The van der Waals surface area contributed by atoms with Crippen LogP contribution in [0.25, 0.3) is 0 Å². The molecule has 3 aliphatic heterocycles. The molecule has 0 aromatic heterocycles. The maximum Gasteiger partial charge on any atom is 0.187 e. The lowest BCUT2D eigenvalue weighted by Crippen LogP contribution is -2.66. The lowest BCUT2D eigenvalue weighted by molar-refractivity contribution is -0.372. The van der Waals surface area contributed by atoms with Gasteiger partial charge in [-0.15, -0.1) is 0 Å². The third-order valence-electron chi connectivity index (χ3n) is 6.51. The maximum absolute atomic E-state index is 10.7. The lowest BCUT2D eigenvalue weighted by Gasteiger charge is -2.48. The first kappa shape index (κ1) is 29.0. The second-order valence-electron chi connectivity index (χ2n) is 8.92. The Morgan fingerprint density at radius 2 is 1.03 bits per heavy atom. The SMILES string of the molecule is COCC1O[C@@H](O[C@@H]2C(CO)O[C@@H](O[C@@H]3C(CO)O[C@@H](C)C(O)[C@H]3O)C(O)[C@H]2O)C(O)[C@@H](O)[C@@H]1O. The van der Waals surface area contributed by atoms with E-state index in [1.807, 2.05) is 0 Å². The van der Waals surface area contributed by atoms with Gasteiger partial charge in [-0.2, -0.15) is 0 Å². The monoisotopic (exact) mass is 516 g/mol. The van der Waals surface area contributed by atoms with Gasteiger partial charge in [0.2, 0.25) is 0 Å². The van der Waals surface area contributed by atoms with Gasteiger partial charge in [0.1, 0.15) is 73.2 Å². The molecule has 3 saturated heterocycles. The first-order valence-electron chi connectivity index (χ1n) is 11.3. The standard InChI is InChI=1S/C20H36O15/c1-6-10(23)13(26)17(7(3-21)31-6)34-20-16(29)14(27)18(8(4-22)32-20)35-19-15(28)12(25)11(24)9(33-19)5-30-2/h6-29H,3-5H2,1-2H3/t6-,7?,8?,9?,10?,11+,12-,13+,14+,15?,16?,17+,18+,19-,20-/m0/s1. The average Bonchev–Trinajstić information content (AvgIpc) is 2.84. The van der Waals surface area contributed by atoms with Gasteiger partial charge in [-0.05, 0) is 6.92 Å². The molecule has 15 heteroatoms. The van der Waals surface area contributed by atoms with Gasteiger partial charge < -0.3 is 74.4 Å². The van der Waals surface area contributed by atoms with Crippen molar-refractivity contribution in [1.29, 1.82) is 0 Å². The summed E-state index contributed by atoms with van der Waals surface area (Å²) in [5.41, 5.74) is 0. The third kappa shape index (κ3) is 5.95. The van der Waals surface area contributed by atoms with Crippen LogP contribution in [-0.2, 0) is 28.4 Å². The van der Waals surface area contributed by atoms with Crippen LogP contribution in [0.15, 0.2) is 0 Å². The smallest absolute Gasteiger partial charge is 0.187 e. The molecule has 9 N–H and O–H groups in total. The van der Waals surface area contributed by atoms with Gasteiger partial charge in [-0.3, -0.25) is 0 Å². The maximum atomic E-state index is 10.7. The summed E-state index contributed by atoms with van der Waals surface area (Å²) in [6.45, 7) is -0.0104. The summed E-state index contributed by atoms with van der Waals surface area (Å²) in [6.07, 6.45) is -21.9. The fourth-order valence-electron chi connectivity index (χ4n) is 4.41. The van der Waals surface area contributed by atoms with E-state index in [1.54, 1.807) is 0 Å². The van der Waals surface area contributed by atoms with E-state index >= 15 is 0 Å². The fraction of sp³-hybridized carbons (Fsp3) is 1.00. The fourth-order valence-corrected chi connectivity index (χ4v) is 4.41. The first-order valence-corrected chi connectivity index (χ1v) is 11.3. The molecule has 3 aliphatic rings. The van der Waals surface area contributed by atoms with E-state index in [1.165, 1.54) is 14.0 Å². The van der Waals surface area contributed by atoms with Gasteiger partial charge in [-0.1, -0.05) is 0 Å². The van der Waals surface area contributed by atoms with Crippen LogP contribution < -0.4 is 0 Å². The Bertz CT molecular complexity index is 652. The number of hydrogen-bond donors (Lipinski definition) is 9. The van der Waals surface area contributed by atoms with Crippen LogP contribution in [0, 0.1) is 0 Å². The van der Waals surface area contributed by atoms with E-state index in [0.29, 0.717) is 0 Å². The number of aliphatic hydroxyl groups excluding tert-OH is 9. The highest BCUT2D eigenvalue weighted by Crippen LogP contribution is 2.32. The van der Waals surface area contributed by atoms with Gasteiger partial charge in [-0.25, -0.2) is 0 Å². The minimum absolute atomic E-state index is 0.154. The summed E-state index contributed by atoms with van der Waals surface area (Å²) in [5, 5.41) is 91.6. The molecular weight excluding hydrogens is 480 g/mol. The largest absolute Gasteiger partial charge is 0.394 e. The Kier molecular flexibility index (Phi) is 10.2. The van der Waals surface area contributed by atoms with Crippen LogP contribution >= 0.6 is 0 Å². The molecule has 3 rings (SSSR count). The summed E-state index contributed by atoms with van der Waals surface area (Å²) < 4.78 is 32.4. The minimum atomic E-state index is -1.82. The third-order valence-corrected chi connectivity index (χ3v) is 6.51. The number of hydrogen-bond acceptors (Lipinski definition) is 15. The van der Waals surface area contributed by atoms with Crippen molar-refractivity contribution in [1.82, 2.24) is 0 Å². The van der Waals surface area contributed by atoms with Crippen LogP contribution in [-0.4, -0.2) is 165 Å². The molecule has 206 valence electrons. The predicted octanol–water partition coefficient (Wildman–Crippen LogP) is -5.85. The Hall–Kier alpha value is -0.600. The van der Waals surface area contributed by atoms with E-state index < -0.39 is 105 Å². The molecule has 0 radical (unpaired) electrons. The molecule has 35 heavy (non-hydrogen) atoms. The van der Waals surface area contributed by atoms with E-state index in [0.717, 1.165) is 0 Å². The van der Waals surface area contributed by atoms with Crippen molar-refractivity contribution in [2.45, 2.75) is 98.9 Å². The summed E-state index contributed by atoms with van der Waals surface area (Å²) >= 11 is 0. The zero-order valence-electron chi connectivity index (χ0n) is 19.3. The van der Waals surface area contributed by atoms with Crippen molar-refractivity contribution in [3.8, 4) is 0 Å². The van der Waals surface area contributed by atoms with Gasteiger partial charge in [0.25, 0.3) is 0 Å². The van der Waals surface area contributed by atoms with Crippen LogP contribution in [0.4, 0.5) is 0 Å². The number of rotatable bonds is 8. The second-order valence-corrected chi connectivity index (χ2v) is 8.92. The number of ether oxygens (including phenoxy) is 6. The molecule has 6 unspecified atom stereocenters. The average molecular weight is 516 g/mol. The van der Waals surface area contributed by atoms with Crippen molar-refractivity contribution in [3.63, 3.8) is 0 Å². The molecule has 0 bridgehead atoms. The van der Waals surface area contributed by atoms with Crippen LogP contribution in [0.5, 0.6) is 0 Å². The summed E-state index contributed by atoms with van der Waals surface area (Å²) in [5.74, 6) is 0. The highest BCUT2D eigenvalue weighted by atomic mass is 16.7. The molecule has 0 amide bonds. The molecule has 15 atom stereocenters. The highest BCUT2D eigenvalue weighted by Gasteiger charge is 2.53. The van der Waals surface area contributed by atoms with Gasteiger partial charge in [0, 0.05) is 7.11 Å². The van der Waals surface area contributed by atoms with E-state index in [4.69, 9.17) is 28.4 Å². The van der Waals surface area contributed by atoms with Crippen LogP contribution in [0.2, 0.25) is 0 Å². The Morgan fingerprint density at radius 1 is 0.571 bits per heavy atom. The lowest BCUT2D eigenvalue weighted by atomic mass is 9.94. The Labute approximate surface area is 200 Å². The van der Waals surface area contributed by atoms with Gasteiger partial charge in [0.05, 0.1) is 25.9 Å². The Morgan fingerprint density at radius 3 is 1.54 bits per heavy atom. The molecule has 0 aromatic carbocycles.